The van der Waals surface area contributed by atoms with Gasteiger partial charge in [0.1, 0.15) is 5.82 Å². The fourth-order valence-electron chi connectivity index (χ4n) is 2.24. The maximum atomic E-state index is 13.2. The molecular formula is C18H22FIN4. The van der Waals surface area contributed by atoms with Crippen LogP contribution in [0.5, 0.6) is 0 Å². The standard InChI is InChI=1S/C18H21FN4.HI/c19-15-5-3-4-14(12-15)9-11-21-18(23-16-7-8-16)22-13-17-6-1-2-10-20-17;/h1-6,10,12,16H,7-9,11,13H2,(H2,21,22,23);1H. The van der Waals surface area contributed by atoms with E-state index in [-0.39, 0.29) is 29.8 Å². The molecule has 1 saturated carbocycles. The van der Waals surface area contributed by atoms with E-state index in [9.17, 15) is 4.39 Å². The van der Waals surface area contributed by atoms with Crippen LogP contribution in [0.15, 0.2) is 53.7 Å². The van der Waals surface area contributed by atoms with Crippen LogP contribution in [-0.4, -0.2) is 23.5 Å². The van der Waals surface area contributed by atoms with Crippen molar-refractivity contribution in [3.8, 4) is 0 Å². The number of nitrogens with one attached hydrogen (secondary N) is 2. The molecule has 0 aliphatic heterocycles. The van der Waals surface area contributed by atoms with Crippen LogP contribution in [0.4, 0.5) is 4.39 Å². The van der Waals surface area contributed by atoms with Gasteiger partial charge in [-0.3, -0.25) is 4.98 Å². The lowest BCUT2D eigenvalue weighted by Gasteiger charge is -2.12. The molecule has 0 unspecified atom stereocenters. The van der Waals surface area contributed by atoms with E-state index in [2.05, 4.69) is 20.6 Å². The number of halogens is 2. The molecule has 0 saturated heterocycles. The topological polar surface area (TPSA) is 49.3 Å². The lowest BCUT2D eigenvalue weighted by Crippen LogP contribution is -2.39. The summed E-state index contributed by atoms with van der Waals surface area (Å²) in [6.45, 7) is 1.26. The average Bonchev–Trinajstić information content (AvgIpc) is 3.37. The molecule has 0 amide bonds. The van der Waals surface area contributed by atoms with Crippen LogP contribution in [-0.2, 0) is 13.0 Å². The van der Waals surface area contributed by atoms with E-state index >= 15 is 0 Å². The zero-order valence-corrected chi connectivity index (χ0v) is 15.7. The molecule has 6 heteroatoms. The first kappa shape index (κ1) is 18.6. The predicted molar refractivity (Wildman–Crippen MR) is 105 cm³/mol. The first-order chi connectivity index (χ1) is 11.3. The highest BCUT2D eigenvalue weighted by Gasteiger charge is 2.22. The Bertz CT molecular complexity index is 659. The Hall–Kier alpha value is -1.70. The van der Waals surface area contributed by atoms with Crippen molar-refractivity contribution in [3.63, 3.8) is 0 Å². The van der Waals surface area contributed by atoms with Gasteiger partial charge in [-0.2, -0.15) is 0 Å². The van der Waals surface area contributed by atoms with Crippen LogP contribution in [0.1, 0.15) is 24.1 Å². The third-order valence-corrected chi connectivity index (χ3v) is 3.64. The maximum absolute atomic E-state index is 13.2. The largest absolute Gasteiger partial charge is 0.356 e. The van der Waals surface area contributed by atoms with E-state index in [4.69, 9.17) is 0 Å². The van der Waals surface area contributed by atoms with Crippen LogP contribution in [0.2, 0.25) is 0 Å². The molecule has 128 valence electrons. The van der Waals surface area contributed by atoms with E-state index in [1.165, 1.54) is 18.9 Å². The summed E-state index contributed by atoms with van der Waals surface area (Å²) in [5.41, 5.74) is 1.92. The molecule has 1 heterocycles. The minimum atomic E-state index is -0.192. The van der Waals surface area contributed by atoms with Crippen molar-refractivity contribution in [1.29, 1.82) is 0 Å². The molecule has 2 aromatic rings. The van der Waals surface area contributed by atoms with Gasteiger partial charge in [0.2, 0.25) is 0 Å². The zero-order chi connectivity index (χ0) is 15.9. The lowest BCUT2D eigenvalue weighted by molar-refractivity contribution is 0.625. The van der Waals surface area contributed by atoms with Crippen LogP contribution in [0.25, 0.3) is 0 Å². The molecule has 4 nitrogen and oxygen atoms in total. The molecule has 0 bridgehead atoms. The van der Waals surface area contributed by atoms with Gasteiger partial charge in [-0.25, -0.2) is 9.38 Å². The highest BCUT2D eigenvalue weighted by molar-refractivity contribution is 14.0. The molecule has 1 fully saturated rings. The lowest BCUT2D eigenvalue weighted by atomic mass is 10.1. The van der Waals surface area contributed by atoms with Crippen molar-refractivity contribution in [3.05, 3.63) is 65.7 Å². The second kappa shape index (κ2) is 9.56. The number of benzene rings is 1. The molecule has 3 rings (SSSR count). The number of rotatable bonds is 6. The fourth-order valence-corrected chi connectivity index (χ4v) is 2.24. The Morgan fingerprint density at radius 1 is 1.21 bits per heavy atom. The normalized spacial score (nSPS) is 14.0. The van der Waals surface area contributed by atoms with Gasteiger partial charge in [-0.15, -0.1) is 24.0 Å². The fraction of sp³-hybridized carbons (Fsp3) is 0.333. The van der Waals surface area contributed by atoms with Crippen LogP contribution in [0, 0.1) is 5.82 Å². The van der Waals surface area contributed by atoms with Gasteiger partial charge in [0, 0.05) is 18.8 Å². The minimum absolute atomic E-state index is 0. The highest BCUT2D eigenvalue weighted by Crippen LogP contribution is 2.18. The van der Waals surface area contributed by atoms with Gasteiger partial charge in [-0.05, 0) is 49.1 Å². The van der Waals surface area contributed by atoms with Crippen molar-refractivity contribution in [1.82, 2.24) is 15.6 Å². The smallest absolute Gasteiger partial charge is 0.191 e. The maximum Gasteiger partial charge on any atom is 0.191 e. The number of hydrogen-bond acceptors (Lipinski definition) is 2. The number of aromatic nitrogens is 1. The summed E-state index contributed by atoms with van der Waals surface area (Å²) in [4.78, 5) is 8.86. The monoisotopic (exact) mass is 440 g/mol. The van der Waals surface area contributed by atoms with Gasteiger partial charge < -0.3 is 10.6 Å². The second-order valence-electron chi connectivity index (χ2n) is 5.71. The Kier molecular flexibility index (Phi) is 7.42. The summed E-state index contributed by atoms with van der Waals surface area (Å²) in [5, 5.41) is 6.71. The molecule has 0 spiro atoms. The molecule has 2 N–H and O–H groups in total. The van der Waals surface area contributed by atoms with E-state index in [1.54, 1.807) is 18.3 Å². The van der Waals surface area contributed by atoms with Crippen LogP contribution < -0.4 is 10.6 Å². The summed E-state index contributed by atoms with van der Waals surface area (Å²) < 4.78 is 13.2. The molecule has 1 aliphatic rings. The summed E-state index contributed by atoms with van der Waals surface area (Å²) in [7, 11) is 0. The first-order valence-electron chi connectivity index (χ1n) is 7.99. The molecule has 1 aliphatic carbocycles. The number of nitrogens with zero attached hydrogens (tertiary/aromatic N) is 2. The number of hydrogen-bond donors (Lipinski definition) is 2. The van der Waals surface area contributed by atoms with Gasteiger partial charge in [-0.1, -0.05) is 18.2 Å². The Balaban J connectivity index is 0.00000208. The van der Waals surface area contributed by atoms with Crippen LogP contribution >= 0.6 is 24.0 Å². The van der Waals surface area contributed by atoms with Gasteiger partial charge >= 0.3 is 0 Å². The van der Waals surface area contributed by atoms with Gasteiger partial charge in [0.05, 0.1) is 12.2 Å². The van der Waals surface area contributed by atoms with E-state index in [0.717, 1.165) is 23.6 Å². The van der Waals surface area contributed by atoms with Gasteiger partial charge in [0.25, 0.3) is 0 Å². The van der Waals surface area contributed by atoms with Crippen molar-refractivity contribution >= 4 is 29.9 Å². The van der Waals surface area contributed by atoms with Gasteiger partial charge in [0.15, 0.2) is 5.96 Å². The highest BCUT2D eigenvalue weighted by atomic mass is 127. The minimum Gasteiger partial charge on any atom is -0.356 e. The summed E-state index contributed by atoms with van der Waals surface area (Å²) in [6.07, 6.45) is 4.91. The van der Waals surface area contributed by atoms with Crippen molar-refractivity contribution in [2.75, 3.05) is 6.54 Å². The summed E-state index contributed by atoms with van der Waals surface area (Å²) in [6, 6.07) is 13.1. The number of aliphatic imine (C=N–C) groups is 1. The summed E-state index contributed by atoms with van der Waals surface area (Å²) in [5.74, 6) is 0.609. The first-order valence-corrected chi connectivity index (χ1v) is 7.99. The molecule has 0 atom stereocenters. The third kappa shape index (κ3) is 6.43. The third-order valence-electron chi connectivity index (χ3n) is 3.64. The zero-order valence-electron chi connectivity index (χ0n) is 13.4. The summed E-state index contributed by atoms with van der Waals surface area (Å²) >= 11 is 0. The van der Waals surface area contributed by atoms with E-state index in [0.29, 0.717) is 19.1 Å². The van der Waals surface area contributed by atoms with E-state index < -0.39 is 0 Å². The Labute approximate surface area is 159 Å². The molecule has 0 radical (unpaired) electrons. The molecule has 1 aromatic carbocycles. The molecule has 1 aromatic heterocycles. The Morgan fingerprint density at radius 3 is 2.79 bits per heavy atom. The van der Waals surface area contributed by atoms with Crippen LogP contribution in [0.3, 0.4) is 0 Å². The predicted octanol–water partition coefficient (Wildman–Crippen LogP) is 3.28. The SMILES string of the molecule is Fc1cccc(CCNC(=NCc2ccccn2)NC2CC2)c1.I. The quantitative estimate of drug-likeness (QED) is 0.412. The van der Waals surface area contributed by atoms with Crippen molar-refractivity contribution < 1.29 is 4.39 Å². The van der Waals surface area contributed by atoms with E-state index in [1.807, 2.05) is 24.3 Å². The van der Waals surface area contributed by atoms with Crippen molar-refractivity contribution in [2.24, 2.45) is 4.99 Å². The molecular weight excluding hydrogens is 418 g/mol. The Morgan fingerprint density at radius 2 is 2.08 bits per heavy atom. The number of guanidine groups is 1. The van der Waals surface area contributed by atoms with Crippen molar-refractivity contribution in [2.45, 2.75) is 31.8 Å². The number of pyridine rings is 1. The second-order valence-corrected chi connectivity index (χ2v) is 5.71. The molecule has 24 heavy (non-hydrogen) atoms. The average molecular weight is 440 g/mol.